The largest absolute Gasteiger partial charge is 0.296 e. The molecule has 1 aromatic carbocycles. The van der Waals surface area contributed by atoms with Crippen molar-refractivity contribution >= 4 is 45.8 Å². The molecular weight excluding hydrogens is 341 g/mol. The molecule has 0 saturated heterocycles. The van der Waals surface area contributed by atoms with Crippen LogP contribution in [0.4, 0.5) is 0 Å². The number of aromatic nitrogens is 3. The molecule has 0 saturated carbocycles. The van der Waals surface area contributed by atoms with Crippen molar-refractivity contribution in [3.8, 4) is 11.3 Å². The van der Waals surface area contributed by atoms with Crippen molar-refractivity contribution in [2.75, 3.05) is 0 Å². The summed E-state index contributed by atoms with van der Waals surface area (Å²) in [6.45, 7) is 6.23. The Kier molecular flexibility index (Phi) is 3.75. The Bertz CT molecular complexity index is 877. The van der Waals surface area contributed by atoms with Crippen LogP contribution < -0.4 is 0 Å². The molecule has 0 bridgehead atoms. The third-order valence-electron chi connectivity index (χ3n) is 3.18. The molecule has 3 aromatic rings. The minimum absolute atomic E-state index is 0.0880. The highest BCUT2D eigenvalue weighted by Crippen LogP contribution is 2.33. The molecule has 4 nitrogen and oxygen atoms in total. The van der Waals surface area contributed by atoms with Crippen LogP contribution in [-0.2, 0) is 5.41 Å². The minimum Gasteiger partial charge on any atom is -0.296 e. The van der Waals surface area contributed by atoms with E-state index in [1.807, 2.05) is 0 Å². The third kappa shape index (κ3) is 2.53. The Balaban J connectivity index is 2.20. The Labute approximate surface area is 141 Å². The van der Waals surface area contributed by atoms with Crippen molar-refractivity contribution in [3.63, 3.8) is 0 Å². The monoisotopic (exact) mass is 353 g/mol. The summed E-state index contributed by atoms with van der Waals surface area (Å²) >= 11 is 13.5. The van der Waals surface area contributed by atoms with E-state index in [2.05, 4.69) is 30.9 Å². The van der Waals surface area contributed by atoms with Crippen LogP contribution in [-0.4, -0.2) is 20.9 Å². The fraction of sp³-hybridized carbons (Fsp3) is 0.267. The van der Waals surface area contributed by atoms with E-state index in [1.54, 1.807) is 22.7 Å². The quantitative estimate of drug-likeness (QED) is 0.617. The van der Waals surface area contributed by atoms with E-state index in [0.717, 1.165) is 16.9 Å². The SMILES string of the molecule is CC(C)(C)c1nn2c(C=O)c(-c3ccc(Cl)c(Cl)c3)nc2s1. The van der Waals surface area contributed by atoms with Gasteiger partial charge in [-0.25, -0.2) is 4.98 Å². The molecule has 0 fully saturated rings. The number of halogens is 2. The third-order valence-corrected chi connectivity index (χ3v) is 5.26. The van der Waals surface area contributed by atoms with E-state index >= 15 is 0 Å². The maximum atomic E-state index is 11.5. The average molecular weight is 354 g/mol. The summed E-state index contributed by atoms with van der Waals surface area (Å²) in [6, 6.07) is 5.18. The van der Waals surface area contributed by atoms with Gasteiger partial charge in [-0.2, -0.15) is 9.61 Å². The maximum absolute atomic E-state index is 11.5. The fourth-order valence-corrected chi connectivity index (χ4v) is 3.29. The smallest absolute Gasteiger partial charge is 0.213 e. The Morgan fingerprint density at radius 3 is 2.55 bits per heavy atom. The Morgan fingerprint density at radius 2 is 1.95 bits per heavy atom. The molecule has 7 heteroatoms. The van der Waals surface area contributed by atoms with E-state index in [-0.39, 0.29) is 5.41 Å². The van der Waals surface area contributed by atoms with Gasteiger partial charge in [0.1, 0.15) is 16.4 Å². The first kappa shape index (κ1) is 15.5. The summed E-state index contributed by atoms with van der Waals surface area (Å²) in [5, 5.41) is 6.34. The first-order valence-electron chi connectivity index (χ1n) is 6.62. The van der Waals surface area contributed by atoms with Crippen molar-refractivity contribution < 1.29 is 4.79 Å². The second-order valence-electron chi connectivity index (χ2n) is 5.94. The maximum Gasteiger partial charge on any atom is 0.213 e. The van der Waals surface area contributed by atoms with Gasteiger partial charge >= 0.3 is 0 Å². The van der Waals surface area contributed by atoms with Gasteiger partial charge in [-0.15, -0.1) is 0 Å². The van der Waals surface area contributed by atoms with E-state index in [1.165, 1.54) is 11.3 Å². The number of fused-ring (bicyclic) bond motifs is 1. The Hall–Kier alpha value is -1.43. The van der Waals surface area contributed by atoms with E-state index in [0.29, 0.717) is 26.4 Å². The lowest BCUT2D eigenvalue weighted by atomic mass is 9.98. The molecule has 0 aliphatic carbocycles. The lowest BCUT2D eigenvalue weighted by Gasteiger charge is -2.12. The predicted molar refractivity (Wildman–Crippen MR) is 90.4 cm³/mol. The van der Waals surface area contributed by atoms with E-state index < -0.39 is 0 Å². The molecule has 0 aliphatic rings. The lowest BCUT2D eigenvalue weighted by Crippen LogP contribution is -2.11. The van der Waals surface area contributed by atoms with Gasteiger partial charge in [0, 0.05) is 11.0 Å². The van der Waals surface area contributed by atoms with Crippen LogP contribution >= 0.6 is 34.5 Å². The molecule has 0 spiro atoms. The average Bonchev–Trinajstić information content (AvgIpc) is 2.98. The lowest BCUT2D eigenvalue weighted by molar-refractivity contribution is 0.111. The second kappa shape index (κ2) is 5.33. The zero-order valence-corrected chi connectivity index (χ0v) is 14.6. The molecule has 114 valence electrons. The molecule has 3 rings (SSSR count). The number of hydrogen-bond donors (Lipinski definition) is 0. The highest BCUT2D eigenvalue weighted by molar-refractivity contribution is 7.16. The summed E-state index contributed by atoms with van der Waals surface area (Å²) in [6.07, 6.45) is 0.768. The first-order valence-corrected chi connectivity index (χ1v) is 8.19. The second-order valence-corrected chi connectivity index (χ2v) is 7.71. The van der Waals surface area contributed by atoms with Crippen molar-refractivity contribution in [1.82, 2.24) is 14.6 Å². The fourth-order valence-electron chi connectivity index (χ4n) is 2.03. The van der Waals surface area contributed by atoms with Crippen LogP contribution in [0.2, 0.25) is 10.0 Å². The highest BCUT2D eigenvalue weighted by atomic mass is 35.5. The summed E-state index contributed by atoms with van der Waals surface area (Å²) in [4.78, 5) is 16.8. The zero-order valence-electron chi connectivity index (χ0n) is 12.2. The predicted octanol–water partition coefficient (Wildman–Crippen LogP) is 4.87. The molecule has 0 amide bonds. The van der Waals surface area contributed by atoms with Crippen LogP contribution in [0.3, 0.4) is 0 Å². The molecule has 0 N–H and O–H groups in total. The van der Waals surface area contributed by atoms with Gasteiger partial charge in [-0.05, 0) is 12.1 Å². The summed E-state index contributed by atoms with van der Waals surface area (Å²) in [5.74, 6) is 0. The van der Waals surface area contributed by atoms with Crippen LogP contribution in [0, 0.1) is 0 Å². The standard InChI is InChI=1S/C15H13Cl2N3OS/c1-15(2,3)13-19-20-11(7-21)12(18-14(20)22-13)8-4-5-9(16)10(17)6-8/h4-7H,1-3H3. The molecule has 0 radical (unpaired) electrons. The molecule has 2 heterocycles. The number of carbonyl (C=O) groups is 1. The van der Waals surface area contributed by atoms with Crippen molar-refractivity contribution in [2.24, 2.45) is 0 Å². The van der Waals surface area contributed by atoms with Gasteiger partial charge in [-0.3, -0.25) is 4.79 Å². The van der Waals surface area contributed by atoms with Gasteiger partial charge in [0.25, 0.3) is 0 Å². The van der Waals surface area contributed by atoms with Gasteiger partial charge in [0.2, 0.25) is 4.96 Å². The topological polar surface area (TPSA) is 47.3 Å². The summed E-state index contributed by atoms with van der Waals surface area (Å²) in [5.41, 5.74) is 1.63. The van der Waals surface area contributed by atoms with Gasteiger partial charge in [0.15, 0.2) is 6.29 Å². The molecule has 22 heavy (non-hydrogen) atoms. The van der Waals surface area contributed by atoms with Crippen molar-refractivity contribution in [1.29, 1.82) is 0 Å². The van der Waals surface area contributed by atoms with Gasteiger partial charge in [0.05, 0.1) is 10.0 Å². The van der Waals surface area contributed by atoms with E-state index in [4.69, 9.17) is 23.2 Å². The normalized spacial score (nSPS) is 12.0. The number of benzene rings is 1. The summed E-state index contributed by atoms with van der Waals surface area (Å²) in [7, 11) is 0. The minimum atomic E-state index is -0.0880. The van der Waals surface area contributed by atoms with Crippen LogP contribution in [0.15, 0.2) is 18.2 Å². The molecule has 2 aromatic heterocycles. The Morgan fingerprint density at radius 1 is 1.23 bits per heavy atom. The zero-order chi connectivity index (χ0) is 16.1. The molecule has 0 unspecified atom stereocenters. The molecule has 0 aliphatic heterocycles. The number of carbonyl (C=O) groups excluding carboxylic acids is 1. The number of imidazole rings is 1. The highest BCUT2D eigenvalue weighted by Gasteiger charge is 2.23. The number of aldehydes is 1. The van der Waals surface area contributed by atoms with Crippen LogP contribution in [0.1, 0.15) is 36.3 Å². The number of hydrogen-bond acceptors (Lipinski definition) is 4. The van der Waals surface area contributed by atoms with Crippen molar-refractivity contribution in [3.05, 3.63) is 38.9 Å². The number of rotatable bonds is 2. The first-order chi connectivity index (χ1) is 10.3. The van der Waals surface area contributed by atoms with Gasteiger partial charge in [-0.1, -0.05) is 61.4 Å². The van der Waals surface area contributed by atoms with Crippen LogP contribution in [0.5, 0.6) is 0 Å². The van der Waals surface area contributed by atoms with Crippen LogP contribution in [0.25, 0.3) is 16.2 Å². The number of nitrogens with zero attached hydrogens (tertiary/aromatic N) is 3. The van der Waals surface area contributed by atoms with Crippen molar-refractivity contribution in [2.45, 2.75) is 26.2 Å². The van der Waals surface area contributed by atoms with E-state index in [9.17, 15) is 4.79 Å². The summed E-state index contributed by atoms with van der Waals surface area (Å²) < 4.78 is 1.59. The molecule has 0 atom stereocenters. The van der Waals surface area contributed by atoms with Gasteiger partial charge < -0.3 is 0 Å². The molecular formula is C15H13Cl2N3OS.